The van der Waals surface area contributed by atoms with E-state index in [-0.39, 0.29) is 24.0 Å². The Morgan fingerprint density at radius 1 is 1.20 bits per heavy atom. The Kier molecular flexibility index (Phi) is 6.00. The third-order valence-corrected chi connectivity index (χ3v) is 6.99. The van der Waals surface area contributed by atoms with Gasteiger partial charge in [-0.05, 0) is 61.6 Å². The van der Waals surface area contributed by atoms with Gasteiger partial charge in [0.05, 0.1) is 18.3 Å². The molecule has 7 nitrogen and oxygen atoms in total. The summed E-state index contributed by atoms with van der Waals surface area (Å²) in [5, 5.41) is 18.8. The molecule has 7 heteroatoms. The van der Waals surface area contributed by atoms with Crippen molar-refractivity contribution in [3.05, 3.63) is 65.5 Å². The molecule has 5 rings (SSSR count). The first-order valence-corrected chi connectivity index (χ1v) is 12.0. The Morgan fingerprint density at radius 2 is 2.00 bits per heavy atom. The predicted molar refractivity (Wildman–Crippen MR) is 132 cm³/mol. The van der Waals surface area contributed by atoms with E-state index in [1.807, 2.05) is 38.4 Å². The Hall–Kier alpha value is -3.76. The second kappa shape index (κ2) is 9.12. The summed E-state index contributed by atoms with van der Waals surface area (Å²) in [6.45, 7) is 4.89. The van der Waals surface area contributed by atoms with Gasteiger partial charge in [0.1, 0.15) is 11.8 Å². The number of rotatable bonds is 6. The van der Waals surface area contributed by atoms with Crippen molar-refractivity contribution in [1.29, 1.82) is 5.26 Å². The Bertz CT molecular complexity index is 1310. The molecular formula is C28H28N4O3. The summed E-state index contributed by atoms with van der Waals surface area (Å²) in [6, 6.07) is 13.9. The van der Waals surface area contributed by atoms with Gasteiger partial charge in [-0.2, -0.15) is 5.26 Å². The van der Waals surface area contributed by atoms with Gasteiger partial charge in [-0.1, -0.05) is 18.2 Å². The number of nitriles is 1. The van der Waals surface area contributed by atoms with Crippen molar-refractivity contribution in [1.82, 2.24) is 14.9 Å². The number of benzene rings is 2. The molecule has 3 aromatic rings. The van der Waals surface area contributed by atoms with Gasteiger partial charge in [0.2, 0.25) is 5.91 Å². The fraction of sp³-hybridized carbons (Fsp3) is 0.357. The fourth-order valence-electron chi connectivity index (χ4n) is 5.43. The Morgan fingerprint density at radius 3 is 2.71 bits per heavy atom. The van der Waals surface area contributed by atoms with Gasteiger partial charge in [0, 0.05) is 48.4 Å². The highest BCUT2D eigenvalue weighted by Gasteiger charge is 2.48. The van der Waals surface area contributed by atoms with Crippen LogP contribution in [0.5, 0.6) is 5.75 Å². The lowest BCUT2D eigenvalue weighted by molar-refractivity contribution is -0.128. The van der Waals surface area contributed by atoms with E-state index in [0.29, 0.717) is 36.6 Å². The first kappa shape index (κ1) is 23.0. The molecule has 1 atom stereocenters. The lowest BCUT2D eigenvalue weighted by atomic mass is 9.80. The minimum atomic E-state index is -0.175. The topological polar surface area (TPSA) is 99.3 Å². The van der Waals surface area contributed by atoms with Gasteiger partial charge >= 0.3 is 0 Å². The molecule has 0 bridgehead atoms. The standard InChI is InChI=1S/C28H28N4O3/c1-18(2)35-25-7-6-19(12-20(25)14-29)27-30-15-21(16-31-27)22-4-3-5-24-23(22)8-9-28(24)13-26(34)32(17-28)10-11-33/h3-7,12,15-16,18,33H,8-11,13,17H2,1-2H3. The van der Waals surface area contributed by atoms with Gasteiger partial charge in [0.15, 0.2) is 5.82 Å². The SMILES string of the molecule is CC(C)Oc1ccc(-c2ncc(-c3cccc4c3CCC43CC(=O)N(CCO)C3)cn2)cc1C#N. The summed E-state index contributed by atoms with van der Waals surface area (Å²) in [4.78, 5) is 23.5. The molecule has 0 radical (unpaired) electrons. The van der Waals surface area contributed by atoms with Crippen LogP contribution in [-0.2, 0) is 16.6 Å². The molecule has 1 aliphatic carbocycles. The van der Waals surface area contributed by atoms with E-state index in [9.17, 15) is 15.2 Å². The number of aliphatic hydroxyl groups is 1. The van der Waals surface area contributed by atoms with Crippen LogP contribution < -0.4 is 4.74 Å². The van der Waals surface area contributed by atoms with Crippen LogP contribution >= 0.6 is 0 Å². The fourth-order valence-corrected chi connectivity index (χ4v) is 5.43. The van der Waals surface area contributed by atoms with Crippen LogP contribution in [0.15, 0.2) is 48.8 Å². The zero-order chi connectivity index (χ0) is 24.6. The van der Waals surface area contributed by atoms with Crippen LogP contribution in [0.3, 0.4) is 0 Å². The number of fused-ring (bicyclic) bond motifs is 2. The van der Waals surface area contributed by atoms with E-state index in [1.165, 1.54) is 11.1 Å². The highest BCUT2D eigenvalue weighted by Crippen LogP contribution is 2.48. The van der Waals surface area contributed by atoms with E-state index in [0.717, 1.165) is 29.5 Å². The summed E-state index contributed by atoms with van der Waals surface area (Å²) >= 11 is 0. The molecule has 2 heterocycles. The molecule has 1 fully saturated rings. The zero-order valence-corrected chi connectivity index (χ0v) is 20.0. The number of hydrogen-bond acceptors (Lipinski definition) is 6. The second-order valence-electron chi connectivity index (χ2n) is 9.61. The number of aromatic nitrogens is 2. The quantitative estimate of drug-likeness (QED) is 0.589. The molecule has 178 valence electrons. The van der Waals surface area contributed by atoms with Gasteiger partial charge in [0.25, 0.3) is 0 Å². The minimum Gasteiger partial charge on any atom is -0.490 e. The molecule has 1 aliphatic heterocycles. The largest absolute Gasteiger partial charge is 0.490 e. The van der Waals surface area contributed by atoms with Crippen LogP contribution in [0.1, 0.15) is 43.4 Å². The average Bonchev–Trinajstić information content (AvgIpc) is 3.38. The molecule has 1 unspecified atom stereocenters. The molecule has 2 aliphatic rings. The molecule has 35 heavy (non-hydrogen) atoms. The maximum absolute atomic E-state index is 12.5. The van der Waals surface area contributed by atoms with E-state index >= 15 is 0 Å². The number of ether oxygens (including phenoxy) is 1. The first-order valence-electron chi connectivity index (χ1n) is 12.0. The molecule has 1 spiro atoms. The second-order valence-corrected chi connectivity index (χ2v) is 9.61. The van der Waals surface area contributed by atoms with Gasteiger partial charge in [-0.25, -0.2) is 9.97 Å². The van der Waals surface area contributed by atoms with Gasteiger partial charge in [-0.3, -0.25) is 4.79 Å². The smallest absolute Gasteiger partial charge is 0.223 e. The normalized spacial score (nSPS) is 18.8. The minimum absolute atomic E-state index is 0.0122. The van der Waals surface area contributed by atoms with Crippen molar-refractivity contribution < 1.29 is 14.6 Å². The molecule has 0 saturated carbocycles. The average molecular weight is 469 g/mol. The first-order chi connectivity index (χ1) is 16.9. The maximum Gasteiger partial charge on any atom is 0.223 e. The zero-order valence-electron chi connectivity index (χ0n) is 20.0. The lowest BCUT2D eigenvalue weighted by Crippen LogP contribution is -2.32. The number of carbonyl (C=O) groups is 1. The van der Waals surface area contributed by atoms with Crippen LogP contribution in [0.25, 0.3) is 22.5 Å². The van der Waals surface area contributed by atoms with E-state index in [4.69, 9.17) is 4.74 Å². The highest BCUT2D eigenvalue weighted by atomic mass is 16.5. The van der Waals surface area contributed by atoms with Crippen molar-refractivity contribution in [2.75, 3.05) is 19.7 Å². The van der Waals surface area contributed by atoms with Crippen molar-refractivity contribution in [2.24, 2.45) is 0 Å². The third kappa shape index (κ3) is 4.15. The number of β-amino-alcohol motifs (C(OH)–C–C–N with tert-alkyl or cyclic N) is 1. The van der Waals surface area contributed by atoms with E-state index < -0.39 is 0 Å². The molecule has 1 amide bonds. The summed E-state index contributed by atoms with van der Waals surface area (Å²) in [6.07, 6.45) is 5.95. The van der Waals surface area contributed by atoms with Crippen molar-refractivity contribution in [2.45, 2.75) is 44.6 Å². The summed E-state index contributed by atoms with van der Waals surface area (Å²) < 4.78 is 5.71. The molecule has 1 aromatic heterocycles. The summed E-state index contributed by atoms with van der Waals surface area (Å²) in [5.41, 5.74) is 5.55. The molecule has 2 aromatic carbocycles. The van der Waals surface area contributed by atoms with Crippen molar-refractivity contribution >= 4 is 5.91 Å². The third-order valence-electron chi connectivity index (χ3n) is 6.99. The van der Waals surface area contributed by atoms with Crippen LogP contribution in [-0.4, -0.2) is 51.7 Å². The molecule has 1 saturated heterocycles. The maximum atomic E-state index is 12.5. The van der Waals surface area contributed by atoms with Crippen LogP contribution in [0, 0.1) is 11.3 Å². The van der Waals surface area contributed by atoms with Gasteiger partial charge < -0.3 is 14.7 Å². The lowest BCUT2D eigenvalue weighted by Gasteiger charge is -2.25. The van der Waals surface area contributed by atoms with Crippen molar-refractivity contribution in [3.63, 3.8) is 0 Å². The summed E-state index contributed by atoms with van der Waals surface area (Å²) in [5.74, 6) is 1.22. The number of nitrogens with zero attached hydrogens (tertiary/aromatic N) is 4. The number of likely N-dealkylation sites (tertiary alicyclic amines) is 1. The summed E-state index contributed by atoms with van der Waals surface area (Å²) in [7, 11) is 0. The van der Waals surface area contributed by atoms with Crippen LogP contribution in [0.2, 0.25) is 0 Å². The monoisotopic (exact) mass is 468 g/mol. The number of carbonyl (C=O) groups excluding carboxylic acids is 1. The van der Waals surface area contributed by atoms with Gasteiger partial charge in [-0.15, -0.1) is 0 Å². The molecule has 1 N–H and O–H groups in total. The predicted octanol–water partition coefficient (Wildman–Crippen LogP) is 3.88. The van der Waals surface area contributed by atoms with E-state index in [2.05, 4.69) is 28.2 Å². The Labute approximate surface area is 205 Å². The number of aliphatic hydroxyl groups excluding tert-OH is 1. The highest BCUT2D eigenvalue weighted by molar-refractivity contribution is 5.82. The van der Waals surface area contributed by atoms with Crippen molar-refractivity contribution in [3.8, 4) is 34.3 Å². The van der Waals surface area contributed by atoms with Crippen LogP contribution in [0.4, 0.5) is 0 Å². The molecular weight excluding hydrogens is 440 g/mol. The Balaban J connectivity index is 1.43. The number of hydrogen-bond donors (Lipinski definition) is 1. The number of amides is 1. The van der Waals surface area contributed by atoms with E-state index in [1.54, 1.807) is 17.0 Å².